The SMILES string of the molecule is Oc1ccc(CNCc2cccc3cccnc23)nc1. The van der Waals surface area contributed by atoms with Crippen molar-refractivity contribution in [3.05, 3.63) is 66.1 Å². The molecule has 2 aromatic heterocycles. The molecule has 0 aliphatic heterocycles. The van der Waals surface area contributed by atoms with E-state index in [-0.39, 0.29) is 5.75 Å². The quantitative estimate of drug-likeness (QED) is 0.761. The molecule has 0 saturated heterocycles. The summed E-state index contributed by atoms with van der Waals surface area (Å²) in [5.41, 5.74) is 3.10. The van der Waals surface area contributed by atoms with E-state index in [0.29, 0.717) is 6.54 Å². The second-order valence-corrected chi connectivity index (χ2v) is 4.60. The van der Waals surface area contributed by atoms with Crippen molar-refractivity contribution >= 4 is 10.9 Å². The topological polar surface area (TPSA) is 58.0 Å². The molecule has 0 atom stereocenters. The van der Waals surface area contributed by atoms with Gasteiger partial charge in [0.05, 0.1) is 17.4 Å². The summed E-state index contributed by atoms with van der Waals surface area (Å²) < 4.78 is 0. The number of benzene rings is 1. The third-order valence-corrected chi connectivity index (χ3v) is 3.15. The van der Waals surface area contributed by atoms with E-state index < -0.39 is 0 Å². The van der Waals surface area contributed by atoms with Crippen LogP contribution >= 0.6 is 0 Å². The Hall–Kier alpha value is -2.46. The number of fused-ring (bicyclic) bond motifs is 1. The lowest BCUT2D eigenvalue weighted by molar-refractivity contribution is 0.471. The van der Waals surface area contributed by atoms with E-state index in [1.54, 1.807) is 6.07 Å². The highest BCUT2D eigenvalue weighted by Crippen LogP contribution is 2.15. The van der Waals surface area contributed by atoms with E-state index in [1.165, 1.54) is 11.8 Å². The number of nitrogens with zero attached hydrogens (tertiary/aromatic N) is 2. The van der Waals surface area contributed by atoms with Gasteiger partial charge < -0.3 is 10.4 Å². The number of aromatic nitrogens is 2. The third-order valence-electron chi connectivity index (χ3n) is 3.15. The molecule has 4 heteroatoms. The van der Waals surface area contributed by atoms with Gasteiger partial charge in [0.25, 0.3) is 0 Å². The fraction of sp³-hybridized carbons (Fsp3) is 0.125. The van der Waals surface area contributed by atoms with Crippen molar-refractivity contribution in [2.75, 3.05) is 0 Å². The van der Waals surface area contributed by atoms with Crippen LogP contribution in [0.5, 0.6) is 5.75 Å². The molecule has 0 saturated carbocycles. The standard InChI is InChI=1S/C16H15N3O/c20-15-7-6-14(19-11-15)10-17-9-13-4-1-3-12-5-2-8-18-16(12)13/h1-8,11,17,20H,9-10H2. The van der Waals surface area contributed by atoms with Crippen molar-refractivity contribution in [1.82, 2.24) is 15.3 Å². The lowest BCUT2D eigenvalue weighted by Gasteiger charge is -2.07. The molecule has 3 aromatic rings. The highest BCUT2D eigenvalue weighted by molar-refractivity contribution is 5.81. The normalized spacial score (nSPS) is 10.8. The molecule has 4 nitrogen and oxygen atoms in total. The van der Waals surface area contributed by atoms with Crippen molar-refractivity contribution < 1.29 is 5.11 Å². The van der Waals surface area contributed by atoms with Gasteiger partial charge >= 0.3 is 0 Å². The van der Waals surface area contributed by atoms with Gasteiger partial charge in [0.2, 0.25) is 0 Å². The van der Waals surface area contributed by atoms with Gasteiger partial charge in [-0.3, -0.25) is 9.97 Å². The van der Waals surface area contributed by atoms with Crippen LogP contribution in [0.2, 0.25) is 0 Å². The fourth-order valence-corrected chi connectivity index (χ4v) is 2.16. The molecule has 3 rings (SSSR count). The van der Waals surface area contributed by atoms with E-state index in [1.807, 2.05) is 24.4 Å². The zero-order chi connectivity index (χ0) is 13.8. The molecule has 0 aliphatic carbocycles. The first-order valence-electron chi connectivity index (χ1n) is 6.50. The number of aromatic hydroxyl groups is 1. The van der Waals surface area contributed by atoms with Crippen molar-refractivity contribution in [1.29, 1.82) is 0 Å². The Morgan fingerprint density at radius 1 is 0.950 bits per heavy atom. The molecule has 1 aromatic carbocycles. The number of hydrogen-bond acceptors (Lipinski definition) is 4. The Bertz CT molecular complexity index is 705. The summed E-state index contributed by atoms with van der Waals surface area (Å²) in [7, 11) is 0. The molecular formula is C16H15N3O. The molecule has 0 radical (unpaired) electrons. The minimum Gasteiger partial charge on any atom is -0.506 e. The Balaban J connectivity index is 1.69. The summed E-state index contributed by atoms with van der Waals surface area (Å²) in [5, 5.41) is 13.7. The van der Waals surface area contributed by atoms with Gasteiger partial charge in [-0.25, -0.2) is 0 Å². The van der Waals surface area contributed by atoms with Crippen LogP contribution in [0.3, 0.4) is 0 Å². The van der Waals surface area contributed by atoms with Crippen molar-refractivity contribution in [2.45, 2.75) is 13.1 Å². The van der Waals surface area contributed by atoms with Crippen LogP contribution in [-0.4, -0.2) is 15.1 Å². The lowest BCUT2D eigenvalue weighted by atomic mass is 10.1. The van der Waals surface area contributed by atoms with Crippen LogP contribution in [0.4, 0.5) is 0 Å². The minimum atomic E-state index is 0.187. The summed E-state index contributed by atoms with van der Waals surface area (Å²) in [6.07, 6.45) is 3.27. The average Bonchev–Trinajstić information content (AvgIpc) is 2.49. The van der Waals surface area contributed by atoms with Gasteiger partial charge in [-0.15, -0.1) is 0 Å². The Morgan fingerprint density at radius 2 is 1.85 bits per heavy atom. The van der Waals surface area contributed by atoms with Crippen LogP contribution in [0.15, 0.2) is 54.9 Å². The second kappa shape index (κ2) is 5.67. The van der Waals surface area contributed by atoms with E-state index in [0.717, 1.165) is 23.1 Å². The van der Waals surface area contributed by atoms with Crippen molar-refractivity contribution in [3.8, 4) is 5.75 Å². The largest absolute Gasteiger partial charge is 0.506 e. The average molecular weight is 265 g/mol. The number of rotatable bonds is 4. The Labute approximate surface area is 117 Å². The molecule has 0 amide bonds. The van der Waals surface area contributed by atoms with Gasteiger partial charge in [-0.05, 0) is 23.8 Å². The fourth-order valence-electron chi connectivity index (χ4n) is 2.16. The van der Waals surface area contributed by atoms with Crippen molar-refractivity contribution in [2.24, 2.45) is 0 Å². The maximum absolute atomic E-state index is 9.19. The van der Waals surface area contributed by atoms with Gasteiger partial charge in [0.15, 0.2) is 0 Å². The number of para-hydroxylation sites is 1. The summed E-state index contributed by atoms with van der Waals surface area (Å²) in [6, 6.07) is 13.6. The van der Waals surface area contributed by atoms with Gasteiger partial charge in [0, 0.05) is 24.7 Å². The van der Waals surface area contributed by atoms with E-state index >= 15 is 0 Å². The molecule has 20 heavy (non-hydrogen) atoms. The van der Waals surface area contributed by atoms with Gasteiger partial charge in [-0.1, -0.05) is 24.3 Å². The maximum atomic E-state index is 9.19. The van der Waals surface area contributed by atoms with Crippen LogP contribution < -0.4 is 5.32 Å². The molecule has 0 bridgehead atoms. The van der Waals surface area contributed by atoms with E-state index in [2.05, 4.69) is 33.5 Å². The zero-order valence-corrected chi connectivity index (χ0v) is 11.0. The summed E-state index contributed by atoms with van der Waals surface area (Å²) in [5.74, 6) is 0.187. The van der Waals surface area contributed by atoms with E-state index in [9.17, 15) is 5.11 Å². The summed E-state index contributed by atoms with van der Waals surface area (Å²) in [6.45, 7) is 1.39. The first-order chi connectivity index (χ1) is 9.83. The summed E-state index contributed by atoms with van der Waals surface area (Å²) >= 11 is 0. The summed E-state index contributed by atoms with van der Waals surface area (Å²) in [4.78, 5) is 8.57. The highest BCUT2D eigenvalue weighted by atomic mass is 16.3. The molecule has 0 spiro atoms. The highest BCUT2D eigenvalue weighted by Gasteiger charge is 2.01. The van der Waals surface area contributed by atoms with Crippen LogP contribution in [0, 0.1) is 0 Å². The predicted molar refractivity (Wildman–Crippen MR) is 78.2 cm³/mol. The first kappa shape index (κ1) is 12.6. The predicted octanol–water partition coefficient (Wildman–Crippen LogP) is 2.63. The van der Waals surface area contributed by atoms with Crippen molar-refractivity contribution in [3.63, 3.8) is 0 Å². The molecule has 2 N–H and O–H groups in total. The second-order valence-electron chi connectivity index (χ2n) is 4.60. The van der Waals surface area contributed by atoms with Crippen LogP contribution in [0.25, 0.3) is 10.9 Å². The minimum absolute atomic E-state index is 0.187. The van der Waals surface area contributed by atoms with Crippen LogP contribution in [0.1, 0.15) is 11.3 Å². The molecule has 0 aliphatic rings. The maximum Gasteiger partial charge on any atom is 0.133 e. The van der Waals surface area contributed by atoms with Crippen LogP contribution in [-0.2, 0) is 13.1 Å². The van der Waals surface area contributed by atoms with Gasteiger partial charge in [0.1, 0.15) is 5.75 Å². The Kier molecular flexibility index (Phi) is 3.56. The number of pyridine rings is 2. The number of hydrogen-bond donors (Lipinski definition) is 2. The molecular weight excluding hydrogens is 250 g/mol. The monoisotopic (exact) mass is 265 g/mol. The number of nitrogens with one attached hydrogen (secondary N) is 1. The first-order valence-corrected chi connectivity index (χ1v) is 6.50. The molecule has 0 fully saturated rings. The zero-order valence-electron chi connectivity index (χ0n) is 11.0. The van der Waals surface area contributed by atoms with E-state index in [4.69, 9.17) is 0 Å². The van der Waals surface area contributed by atoms with Gasteiger partial charge in [-0.2, -0.15) is 0 Å². The lowest BCUT2D eigenvalue weighted by Crippen LogP contribution is -2.14. The Morgan fingerprint density at radius 3 is 2.70 bits per heavy atom. The smallest absolute Gasteiger partial charge is 0.133 e. The molecule has 100 valence electrons. The molecule has 0 unspecified atom stereocenters. The molecule has 2 heterocycles. The third kappa shape index (κ3) is 2.75.